The first-order valence-corrected chi connectivity index (χ1v) is 8.12. The molecular weight excluding hydrogens is 234 g/mol. The second kappa shape index (κ2) is 7.64. The molecule has 0 amide bonds. The van der Waals surface area contributed by atoms with Gasteiger partial charge >= 0.3 is 0 Å². The summed E-state index contributed by atoms with van der Waals surface area (Å²) in [4.78, 5) is 0. The Bertz CT molecular complexity index is 250. The van der Waals surface area contributed by atoms with E-state index >= 15 is 0 Å². The molecule has 0 spiro atoms. The number of rotatable bonds is 7. The van der Waals surface area contributed by atoms with Crippen molar-refractivity contribution >= 4 is 0 Å². The van der Waals surface area contributed by atoms with Gasteiger partial charge < -0.3 is 10.1 Å². The zero-order chi connectivity index (χ0) is 14.5. The van der Waals surface area contributed by atoms with Gasteiger partial charge in [-0.1, -0.05) is 27.2 Å². The summed E-state index contributed by atoms with van der Waals surface area (Å²) >= 11 is 0. The Hall–Kier alpha value is -0.0800. The van der Waals surface area contributed by atoms with Crippen molar-refractivity contribution in [3.63, 3.8) is 0 Å². The Kier molecular flexibility index (Phi) is 6.82. The molecule has 3 unspecified atom stereocenters. The van der Waals surface area contributed by atoms with E-state index in [0.29, 0.717) is 6.04 Å². The van der Waals surface area contributed by atoms with Crippen LogP contribution in [-0.2, 0) is 4.74 Å². The van der Waals surface area contributed by atoms with Crippen molar-refractivity contribution < 1.29 is 4.74 Å². The number of ether oxygens (including phenoxy) is 1. The third kappa shape index (κ3) is 6.27. The van der Waals surface area contributed by atoms with Crippen LogP contribution in [0.2, 0.25) is 0 Å². The van der Waals surface area contributed by atoms with Gasteiger partial charge in [0.1, 0.15) is 0 Å². The highest BCUT2D eigenvalue weighted by Gasteiger charge is 2.30. The second-order valence-corrected chi connectivity index (χ2v) is 7.50. The lowest BCUT2D eigenvalue weighted by molar-refractivity contribution is 0.00474. The van der Waals surface area contributed by atoms with Crippen LogP contribution in [0.5, 0.6) is 0 Å². The third-order valence-electron chi connectivity index (χ3n) is 4.86. The fourth-order valence-corrected chi connectivity index (χ4v) is 3.21. The minimum atomic E-state index is 0.0384. The maximum atomic E-state index is 5.57. The largest absolute Gasteiger partial charge is 0.379 e. The average Bonchev–Trinajstić information content (AvgIpc) is 2.35. The van der Waals surface area contributed by atoms with E-state index in [1.165, 1.54) is 38.6 Å². The van der Waals surface area contributed by atoms with Crippen molar-refractivity contribution in [1.29, 1.82) is 0 Å². The minimum Gasteiger partial charge on any atom is -0.379 e. The molecule has 114 valence electrons. The predicted octanol–water partition coefficient (Wildman–Crippen LogP) is 4.24. The van der Waals surface area contributed by atoms with Crippen LogP contribution in [0.25, 0.3) is 0 Å². The first kappa shape index (κ1) is 17.0. The highest BCUT2D eigenvalue weighted by atomic mass is 16.5. The summed E-state index contributed by atoms with van der Waals surface area (Å²) in [5.74, 6) is 2.65. The van der Waals surface area contributed by atoms with Gasteiger partial charge in [-0.15, -0.1) is 0 Å². The SMILES string of the molecule is COC(C)(C)CCC1CC(C)CCC1CNC(C)C. The molecule has 1 saturated carbocycles. The fraction of sp³-hybridized carbons (Fsp3) is 1.00. The van der Waals surface area contributed by atoms with E-state index in [9.17, 15) is 0 Å². The fourth-order valence-electron chi connectivity index (χ4n) is 3.21. The van der Waals surface area contributed by atoms with Gasteiger partial charge in [-0.25, -0.2) is 0 Å². The quantitative estimate of drug-likeness (QED) is 0.746. The molecule has 2 heteroatoms. The van der Waals surface area contributed by atoms with Crippen LogP contribution in [0.3, 0.4) is 0 Å². The van der Waals surface area contributed by atoms with Crippen molar-refractivity contribution in [3.8, 4) is 0 Å². The van der Waals surface area contributed by atoms with Crippen molar-refractivity contribution in [1.82, 2.24) is 5.32 Å². The average molecular weight is 269 g/mol. The lowest BCUT2D eigenvalue weighted by Gasteiger charge is -2.37. The van der Waals surface area contributed by atoms with Gasteiger partial charge in [-0.05, 0) is 63.8 Å². The molecule has 3 atom stereocenters. The molecule has 0 saturated heterocycles. The topological polar surface area (TPSA) is 21.3 Å². The Morgan fingerprint density at radius 3 is 2.47 bits per heavy atom. The van der Waals surface area contributed by atoms with E-state index < -0.39 is 0 Å². The van der Waals surface area contributed by atoms with Crippen LogP contribution in [0, 0.1) is 17.8 Å². The summed E-state index contributed by atoms with van der Waals surface area (Å²) in [5, 5.41) is 3.64. The van der Waals surface area contributed by atoms with Crippen LogP contribution < -0.4 is 5.32 Å². The van der Waals surface area contributed by atoms with Gasteiger partial charge in [-0.2, -0.15) is 0 Å². The van der Waals surface area contributed by atoms with Gasteiger partial charge in [0.2, 0.25) is 0 Å². The zero-order valence-electron chi connectivity index (χ0n) is 14.0. The molecule has 1 aliphatic carbocycles. The first-order valence-electron chi connectivity index (χ1n) is 8.12. The highest BCUT2D eigenvalue weighted by molar-refractivity contribution is 4.82. The Balaban J connectivity index is 2.48. The monoisotopic (exact) mass is 269 g/mol. The second-order valence-electron chi connectivity index (χ2n) is 7.50. The van der Waals surface area contributed by atoms with E-state index in [1.807, 2.05) is 7.11 Å². The van der Waals surface area contributed by atoms with Crippen LogP contribution in [0.1, 0.15) is 66.7 Å². The van der Waals surface area contributed by atoms with E-state index in [2.05, 4.69) is 39.9 Å². The molecular formula is C17H35NO. The number of hydrogen-bond acceptors (Lipinski definition) is 2. The number of nitrogens with one attached hydrogen (secondary N) is 1. The van der Waals surface area contributed by atoms with E-state index in [0.717, 1.165) is 17.8 Å². The molecule has 0 bridgehead atoms. The van der Waals surface area contributed by atoms with Crippen molar-refractivity contribution in [2.75, 3.05) is 13.7 Å². The molecule has 2 nitrogen and oxygen atoms in total. The molecule has 1 rings (SSSR count). The normalized spacial score (nSPS) is 28.9. The zero-order valence-corrected chi connectivity index (χ0v) is 14.0. The van der Waals surface area contributed by atoms with Gasteiger partial charge in [0.05, 0.1) is 5.60 Å². The number of hydrogen-bond donors (Lipinski definition) is 1. The third-order valence-corrected chi connectivity index (χ3v) is 4.86. The maximum Gasteiger partial charge on any atom is 0.0622 e. The molecule has 0 aliphatic heterocycles. The molecule has 0 aromatic rings. The predicted molar refractivity (Wildman–Crippen MR) is 83.5 cm³/mol. The Morgan fingerprint density at radius 2 is 1.89 bits per heavy atom. The molecule has 0 heterocycles. The standard InChI is InChI=1S/C17H35NO/c1-13(2)18-12-16-8-7-14(3)11-15(16)9-10-17(4,5)19-6/h13-16,18H,7-12H2,1-6H3. The van der Waals surface area contributed by atoms with Gasteiger partial charge in [-0.3, -0.25) is 0 Å². The summed E-state index contributed by atoms with van der Waals surface area (Å²) in [7, 11) is 1.83. The Morgan fingerprint density at radius 1 is 1.21 bits per heavy atom. The molecule has 1 fully saturated rings. The highest BCUT2D eigenvalue weighted by Crippen LogP contribution is 2.37. The van der Waals surface area contributed by atoms with Crippen molar-refractivity contribution in [2.24, 2.45) is 17.8 Å². The van der Waals surface area contributed by atoms with Crippen LogP contribution in [0.15, 0.2) is 0 Å². The first-order chi connectivity index (χ1) is 8.84. The Labute approximate surface area is 120 Å². The lowest BCUT2D eigenvalue weighted by Crippen LogP contribution is -2.36. The molecule has 1 aliphatic rings. The molecule has 1 N–H and O–H groups in total. The molecule has 0 aromatic carbocycles. The van der Waals surface area contributed by atoms with Crippen LogP contribution in [0.4, 0.5) is 0 Å². The molecule has 0 radical (unpaired) electrons. The van der Waals surface area contributed by atoms with Crippen LogP contribution >= 0.6 is 0 Å². The number of methoxy groups -OCH3 is 1. The smallest absolute Gasteiger partial charge is 0.0622 e. The van der Waals surface area contributed by atoms with Crippen LogP contribution in [-0.4, -0.2) is 25.3 Å². The van der Waals surface area contributed by atoms with Gasteiger partial charge in [0.25, 0.3) is 0 Å². The van der Waals surface area contributed by atoms with E-state index in [-0.39, 0.29) is 5.60 Å². The van der Waals surface area contributed by atoms with Gasteiger partial charge in [0.15, 0.2) is 0 Å². The molecule has 0 aromatic heterocycles. The summed E-state index contributed by atoms with van der Waals surface area (Å²) in [5.41, 5.74) is 0.0384. The van der Waals surface area contributed by atoms with E-state index in [1.54, 1.807) is 0 Å². The minimum absolute atomic E-state index is 0.0384. The summed E-state index contributed by atoms with van der Waals surface area (Å²) in [6.45, 7) is 12.5. The van der Waals surface area contributed by atoms with Gasteiger partial charge in [0, 0.05) is 13.2 Å². The summed E-state index contributed by atoms with van der Waals surface area (Å²) in [6, 6.07) is 0.607. The maximum absolute atomic E-state index is 5.57. The van der Waals surface area contributed by atoms with Crippen molar-refractivity contribution in [3.05, 3.63) is 0 Å². The van der Waals surface area contributed by atoms with Crippen molar-refractivity contribution in [2.45, 2.75) is 78.4 Å². The molecule has 19 heavy (non-hydrogen) atoms. The summed E-state index contributed by atoms with van der Waals surface area (Å²) in [6.07, 6.45) is 6.71. The van der Waals surface area contributed by atoms with E-state index in [4.69, 9.17) is 4.74 Å². The summed E-state index contributed by atoms with van der Waals surface area (Å²) < 4.78 is 5.57. The lowest BCUT2D eigenvalue weighted by atomic mass is 9.72.